The fraction of sp³-hybridized carbons (Fsp3) is 0.308. The van der Waals surface area contributed by atoms with Crippen LogP contribution in [0.15, 0.2) is 22.7 Å². The van der Waals surface area contributed by atoms with Crippen LogP contribution in [0, 0.1) is 11.3 Å². The van der Waals surface area contributed by atoms with Gasteiger partial charge in [0.05, 0.1) is 17.3 Å². The summed E-state index contributed by atoms with van der Waals surface area (Å²) in [7, 11) is 0. The van der Waals surface area contributed by atoms with E-state index in [0.29, 0.717) is 24.2 Å². The van der Waals surface area contributed by atoms with E-state index in [1.54, 1.807) is 18.2 Å². The van der Waals surface area contributed by atoms with Gasteiger partial charge in [0.1, 0.15) is 0 Å². The highest BCUT2D eigenvalue weighted by molar-refractivity contribution is 9.10. The number of ketones is 1. The molecule has 5 heteroatoms. The van der Waals surface area contributed by atoms with Gasteiger partial charge in [0.25, 0.3) is 11.7 Å². The van der Waals surface area contributed by atoms with Crippen LogP contribution in [0.2, 0.25) is 0 Å². The summed E-state index contributed by atoms with van der Waals surface area (Å²) < 4.78 is 0.839. The third-order valence-electron chi connectivity index (χ3n) is 2.85. The highest BCUT2D eigenvalue weighted by atomic mass is 79.9. The Bertz CT molecular complexity index is 548. The monoisotopic (exact) mass is 306 g/mol. The third-order valence-corrected chi connectivity index (χ3v) is 3.35. The summed E-state index contributed by atoms with van der Waals surface area (Å²) in [4.78, 5) is 25.1. The van der Waals surface area contributed by atoms with Gasteiger partial charge >= 0.3 is 0 Å². The Morgan fingerprint density at radius 2 is 2.06 bits per heavy atom. The number of carbonyl (C=O) groups is 2. The number of Topliss-reactive ketones (excluding diaryl/α,β-unsaturated/α-hetero) is 1. The molecule has 0 saturated heterocycles. The molecule has 0 radical (unpaired) electrons. The molecule has 0 N–H and O–H groups in total. The first kappa shape index (κ1) is 12.8. The maximum Gasteiger partial charge on any atom is 0.299 e. The number of fused-ring (bicyclic) bond motifs is 1. The number of rotatable bonds is 4. The minimum absolute atomic E-state index is 0.446. The maximum absolute atomic E-state index is 11.8. The van der Waals surface area contributed by atoms with Gasteiger partial charge in [0, 0.05) is 17.4 Å². The molecule has 0 unspecified atom stereocenters. The molecular weight excluding hydrogens is 296 g/mol. The van der Waals surface area contributed by atoms with E-state index in [0.717, 1.165) is 17.3 Å². The third kappa shape index (κ3) is 2.29. The van der Waals surface area contributed by atoms with Gasteiger partial charge in [-0.1, -0.05) is 15.9 Å². The van der Waals surface area contributed by atoms with Crippen molar-refractivity contribution >= 4 is 33.3 Å². The number of anilines is 1. The number of carbonyl (C=O) groups excluding carboxylic acids is 2. The molecule has 1 amide bonds. The molecule has 0 atom stereocenters. The lowest BCUT2D eigenvalue weighted by atomic mass is 10.1. The Morgan fingerprint density at radius 3 is 2.78 bits per heavy atom. The van der Waals surface area contributed by atoms with Gasteiger partial charge < -0.3 is 4.90 Å². The first-order valence-corrected chi connectivity index (χ1v) is 6.47. The molecule has 4 nitrogen and oxygen atoms in total. The molecule has 1 aromatic rings. The molecule has 1 aliphatic heterocycles. The topological polar surface area (TPSA) is 61.2 Å². The van der Waals surface area contributed by atoms with Crippen molar-refractivity contribution in [3.8, 4) is 6.07 Å². The van der Waals surface area contributed by atoms with E-state index >= 15 is 0 Å². The fourth-order valence-corrected chi connectivity index (χ4v) is 2.31. The first-order valence-electron chi connectivity index (χ1n) is 5.68. The molecule has 2 rings (SSSR count). The van der Waals surface area contributed by atoms with Crippen LogP contribution in [0.4, 0.5) is 5.69 Å². The number of hydrogen-bond acceptors (Lipinski definition) is 3. The second-order valence-electron chi connectivity index (χ2n) is 4.06. The molecule has 1 aliphatic rings. The summed E-state index contributed by atoms with van der Waals surface area (Å²) in [6.45, 7) is 0.482. The van der Waals surface area contributed by atoms with Crippen LogP contribution >= 0.6 is 15.9 Å². The molecule has 18 heavy (non-hydrogen) atoms. The highest BCUT2D eigenvalue weighted by Crippen LogP contribution is 2.31. The van der Waals surface area contributed by atoms with Crippen LogP contribution in [-0.4, -0.2) is 18.2 Å². The van der Waals surface area contributed by atoms with Crippen molar-refractivity contribution in [2.24, 2.45) is 0 Å². The van der Waals surface area contributed by atoms with Gasteiger partial charge in [-0.05, 0) is 31.0 Å². The van der Waals surface area contributed by atoms with Crippen molar-refractivity contribution in [1.82, 2.24) is 0 Å². The molecule has 1 aromatic carbocycles. The van der Waals surface area contributed by atoms with E-state index in [9.17, 15) is 9.59 Å². The smallest absolute Gasteiger partial charge is 0.299 e. The van der Waals surface area contributed by atoms with Crippen LogP contribution in [0.25, 0.3) is 0 Å². The molecule has 1 heterocycles. The second-order valence-corrected chi connectivity index (χ2v) is 4.98. The van der Waals surface area contributed by atoms with Crippen molar-refractivity contribution in [1.29, 1.82) is 5.26 Å². The average molecular weight is 307 g/mol. The van der Waals surface area contributed by atoms with Crippen LogP contribution in [0.1, 0.15) is 29.6 Å². The van der Waals surface area contributed by atoms with Gasteiger partial charge in [-0.15, -0.1) is 0 Å². The fourth-order valence-electron chi connectivity index (χ4n) is 1.96. The molecule has 92 valence electrons. The van der Waals surface area contributed by atoms with Crippen molar-refractivity contribution in [2.75, 3.05) is 11.4 Å². The van der Waals surface area contributed by atoms with Crippen molar-refractivity contribution in [3.63, 3.8) is 0 Å². The number of amides is 1. The zero-order chi connectivity index (χ0) is 13.1. The van der Waals surface area contributed by atoms with E-state index in [2.05, 4.69) is 22.0 Å². The minimum Gasteiger partial charge on any atom is -0.305 e. The summed E-state index contributed by atoms with van der Waals surface area (Å²) >= 11 is 3.33. The summed E-state index contributed by atoms with van der Waals surface area (Å²) in [6, 6.07) is 7.26. The normalized spacial score (nSPS) is 13.7. The Morgan fingerprint density at radius 1 is 1.28 bits per heavy atom. The second kappa shape index (κ2) is 5.32. The molecular formula is C13H11BrN2O2. The molecule has 0 aromatic heterocycles. The predicted molar refractivity (Wildman–Crippen MR) is 70.3 cm³/mol. The van der Waals surface area contributed by atoms with Crippen molar-refractivity contribution < 1.29 is 9.59 Å². The van der Waals surface area contributed by atoms with Crippen molar-refractivity contribution in [2.45, 2.75) is 19.3 Å². The van der Waals surface area contributed by atoms with E-state index < -0.39 is 11.7 Å². The maximum atomic E-state index is 11.8. The predicted octanol–water partition coefficient (Wildman–Crippen LogP) is 2.67. The Kier molecular flexibility index (Phi) is 3.78. The van der Waals surface area contributed by atoms with Crippen LogP contribution in [0.5, 0.6) is 0 Å². The summed E-state index contributed by atoms with van der Waals surface area (Å²) in [5.74, 6) is -0.919. The van der Waals surface area contributed by atoms with Gasteiger partial charge in [0.2, 0.25) is 0 Å². The Hall–Kier alpha value is -1.67. The van der Waals surface area contributed by atoms with Crippen LogP contribution in [-0.2, 0) is 4.79 Å². The van der Waals surface area contributed by atoms with Gasteiger partial charge in [-0.2, -0.15) is 5.26 Å². The van der Waals surface area contributed by atoms with Crippen LogP contribution in [0.3, 0.4) is 0 Å². The zero-order valence-electron chi connectivity index (χ0n) is 9.65. The Labute approximate surface area is 113 Å². The SMILES string of the molecule is N#CCCCCN1C(=O)C(=O)c2ccc(Br)cc21. The van der Waals surface area contributed by atoms with E-state index in [-0.39, 0.29) is 0 Å². The Balaban J connectivity index is 2.17. The van der Waals surface area contributed by atoms with Gasteiger partial charge in [-0.3, -0.25) is 9.59 Å². The molecule has 0 spiro atoms. The average Bonchev–Trinajstić information content (AvgIpc) is 2.59. The van der Waals surface area contributed by atoms with Gasteiger partial charge in [-0.25, -0.2) is 0 Å². The van der Waals surface area contributed by atoms with Gasteiger partial charge in [0.15, 0.2) is 0 Å². The molecule has 0 bridgehead atoms. The highest BCUT2D eigenvalue weighted by Gasteiger charge is 2.35. The lowest BCUT2D eigenvalue weighted by Crippen LogP contribution is -2.30. The molecule has 0 saturated carbocycles. The quantitative estimate of drug-likeness (QED) is 0.634. The zero-order valence-corrected chi connectivity index (χ0v) is 11.2. The minimum atomic E-state index is -0.472. The molecule has 0 fully saturated rings. The number of hydrogen-bond donors (Lipinski definition) is 0. The van der Waals surface area contributed by atoms with Crippen molar-refractivity contribution in [3.05, 3.63) is 28.2 Å². The van der Waals surface area contributed by atoms with E-state index in [4.69, 9.17) is 5.26 Å². The number of benzene rings is 1. The summed E-state index contributed by atoms with van der Waals surface area (Å²) in [6.07, 6.45) is 1.93. The van der Waals surface area contributed by atoms with Crippen LogP contribution < -0.4 is 4.90 Å². The lowest BCUT2D eigenvalue weighted by Gasteiger charge is -2.16. The summed E-state index contributed by atoms with van der Waals surface area (Å²) in [5, 5.41) is 8.46. The number of nitriles is 1. The lowest BCUT2D eigenvalue weighted by molar-refractivity contribution is -0.114. The first-order chi connectivity index (χ1) is 8.65. The largest absolute Gasteiger partial charge is 0.305 e. The summed E-state index contributed by atoms with van der Waals surface area (Å²) in [5.41, 5.74) is 1.12. The number of unbranched alkanes of at least 4 members (excludes halogenated alkanes) is 2. The van der Waals surface area contributed by atoms with E-state index in [1.807, 2.05) is 0 Å². The number of halogens is 1. The number of nitrogens with zero attached hydrogens (tertiary/aromatic N) is 2. The standard InChI is InChI=1S/C13H11BrN2O2/c14-9-4-5-10-11(8-9)16(13(18)12(10)17)7-3-1-2-6-15/h4-5,8H,1-3,7H2. The van der Waals surface area contributed by atoms with E-state index in [1.165, 1.54) is 4.90 Å². The molecule has 0 aliphatic carbocycles.